The third-order valence-electron chi connectivity index (χ3n) is 4.06. The first-order valence-corrected chi connectivity index (χ1v) is 7.59. The van der Waals surface area contributed by atoms with Gasteiger partial charge in [0, 0.05) is 43.8 Å². The van der Waals surface area contributed by atoms with Crippen LogP contribution < -0.4 is 10.2 Å². The average molecular weight is 282 g/mol. The van der Waals surface area contributed by atoms with Crippen molar-refractivity contribution in [2.45, 2.75) is 31.7 Å². The zero-order valence-electron chi connectivity index (χ0n) is 12.7. The predicted molar refractivity (Wildman–Crippen MR) is 87.7 cm³/mol. The SMILES string of the molecule is CN(C)c1ccc(-c2cnc(NC3CCCC3)nc2)cc1. The molecular formula is C17H22N4. The van der Waals surface area contributed by atoms with Gasteiger partial charge in [-0.1, -0.05) is 25.0 Å². The number of anilines is 2. The van der Waals surface area contributed by atoms with Gasteiger partial charge in [0.05, 0.1) is 0 Å². The van der Waals surface area contributed by atoms with Gasteiger partial charge in [0.1, 0.15) is 0 Å². The minimum atomic E-state index is 0.551. The normalized spacial score (nSPS) is 15.1. The maximum absolute atomic E-state index is 4.44. The topological polar surface area (TPSA) is 41.1 Å². The van der Waals surface area contributed by atoms with Crippen molar-refractivity contribution >= 4 is 11.6 Å². The first-order chi connectivity index (χ1) is 10.2. The molecule has 1 fully saturated rings. The zero-order valence-corrected chi connectivity index (χ0v) is 12.7. The molecule has 0 amide bonds. The summed E-state index contributed by atoms with van der Waals surface area (Å²) in [4.78, 5) is 11.0. The van der Waals surface area contributed by atoms with Crippen LogP contribution in [0.2, 0.25) is 0 Å². The number of nitrogens with one attached hydrogen (secondary N) is 1. The molecule has 0 radical (unpaired) electrons. The first kappa shape index (κ1) is 13.9. The summed E-state index contributed by atoms with van der Waals surface area (Å²) in [7, 11) is 4.09. The molecule has 1 saturated carbocycles. The van der Waals surface area contributed by atoms with Crippen molar-refractivity contribution in [3.8, 4) is 11.1 Å². The van der Waals surface area contributed by atoms with E-state index in [4.69, 9.17) is 0 Å². The van der Waals surface area contributed by atoms with Crippen molar-refractivity contribution in [1.82, 2.24) is 9.97 Å². The molecular weight excluding hydrogens is 260 g/mol. The number of hydrogen-bond acceptors (Lipinski definition) is 4. The summed E-state index contributed by atoms with van der Waals surface area (Å²) in [5.74, 6) is 0.746. The molecule has 1 heterocycles. The Hall–Kier alpha value is -2.10. The fourth-order valence-corrected chi connectivity index (χ4v) is 2.76. The molecule has 0 unspecified atom stereocenters. The monoisotopic (exact) mass is 282 g/mol. The van der Waals surface area contributed by atoms with Gasteiger partial charge < -0.3 is 10.2 Å². The van der Waals surface area contributed by atoms with E-state index in [1.165, 1.54) is 31.4 Å². The Morgan fingerprint density at radius 1 is 0.952 bits per heavy atom. The summed E-state index contributed by atoms with van der Waals surface area (Å²) in [6.45, 7) is 0. The van der Waals surface area contributed by atoms with E-state index in [-0.39, 0.29) is 0 Å². The molecule has 21 heavy (non-hydrogen) atoms. The van der Waals surface area contributed by atoms with E-state index in [0.29, 0.717) is 6.04 Å². The van der Waals surface area contributed by atoms with Crippen LogP contribution in [0.15, 0.2) is 36.7 Å². The Labute approximate surface area is 126 Å². The summed E-state index contributed by atoms with van der Waals surface area (Å²) < 4.78 is 0. The molecule has 1 aliphatic carbocycles. The Bertz CT molecular complexity index is 569. The maximum atomic E-state index is 4.44. The molecule has 4 nitrogen and oxygen atoms in total. The highest BCUT2D eigenvalue weighted by Crippen LogP contribution is 2.23. The van der Waals surface area contributed by atoms with Crippen molar-refractivity contribution in [3.05, 3.63) is 36.7 Å². The predicted octanol–water partition coefficient (Wildman–Crippen LogP) is 3.56. The van der Waals surface area contributed by atoms with Crippen molar-refractivity contribution in [2.75, 3.05) is 24.3 Å². The fourth-order valence-electron chi connectivity index (χ4n) is 2.76. The molecule has 0 spiro atoms. The summed E-state index contributed by atoms with van der Waals surface area (Å²) in [5, 5.41) is 3.41. The van der Waals surface area contributed by atoms with Crippen molar-refractivity contribution in [3.63, 3.8) is 0 Å². The summed E-state index contributed by atoms with van der Waals surface area (Å²) in [6, 6.07) is 8.99. The van der Waals surface area contributed by atoms with Crippen LogP contribution in [-0.4, -0.2) is 30.1 Å². The van der Waals surface area contributed by atoms with E-state index in [1.807, 2.05) is 26.5 Å². The van der Waals surface area contributed by atoms with E-state index in [1.54, 1.807) is 0 Å². The second kappa shape index (κ2) is 6.12. The Morgan fingerprint density at radius 3 is 2.14 bits per heavy atom. The quantitative estimate of drug-likeness (QED) is 0.931. The van der Waals surface area contributed by atoms with Gasteiger partial charge >= 0.3 is 0 Å². The van der Waals surface area contributed by atoms with E-state index in [2.05, 4.69) is 44.5 Å². The molecule has 1 aromatic heterocycles. The number of benzene rings is 1. The second-order valence-electron chi connectivity index (χ2n) is 5.86. The van der Waals surface area contributed by atoms with E-state index in [0.717, 1.165) is 17.1 Å². The Kier molecular flexibility index (Phi) is 4.04. The molecule has 1 aromatic carbocycles. The molecule has 0 atom stereocenters. The molecule has 4 heteroatoms. The molecule has 0 bridgehead atoms. The van der Waals surface area contributed by atoms with Gasteiger partial charge in [0.25, 0.3) is 0 Å². The number of rotatable bonds is 4. The molecule has 0 saturated heterocycles. The lowest BCUT2D eigenvalue weighted by molar-refractivity contribution is 0.744. The molecule has 1 aliphatic rings. The third-order valence-corrected chi connectivity index (χ3v) is 4.06. The Balaban J connectivity index is 1.70. The molecule has 2 aromatic rings. The largest absolute Gasteiger partial charge is 0.378 e. The molecule has 3 rings (SSSR count). The Morgan fingerprint density at radius 2 is 1.57 bits per heavy atom. The highest BCUT2D eigenvalue weighted by molar-refractivity contribution is 5.65. The minimum Gasteiger partial charge on any atom is -0.378 e. The van der Waals surface area contributed by atoms with Crippen molar-refractivity contribution in [2.24, 2.45) is 0 Å². The average Bonchev–Trinajstić information content (AvgIpc) is 3.01. The lowest BCUT2D eigenvalue weighted by Gasteiger charge is -2.13. The fraction of sp³-hybridized carbons (Fsp3) is 0.412. The smallest absolute Gasteiger partial charge is 0.222 e. The van der Waals surface area contributed by atoms with Gasteiger partial charge in [-0.25, -0.2) is 9.97 Å². The van der Waals surface area contributed by atoms with Crippen LogP contribution in [0.5, 0.6) is 0 Å². The second-order valence-corrected chi connectivity index (χ2v) is 5.86. The van der Waals surface area contributed by atoms with Gasteiger partial charge in [-0.05, 0) is 30.5 Å². The van der Waals surface area contributed by atoms with Crippen LogP contribution in [0, 0.1) is 0 Å². The summed E-state index contributed by atoms with van der Waals surface area (Å²) >= 11 is 0. The molecule has 110 valence electrons. The van der Waals surface area contributed by atoms with Crippen LogP contribution in [-0.2, 0) is 0 Å². The zero-order chi connectivity index (χ0) is 14.7. The number of aromatic nitrogens is 2. The molecule has 1 N–H and O–H groups in total. The van der Waals surface area contributed by atoms with Crippen LogP contribution >= 0.6 is 0 Å². The van der Waals surface area contributed by atoms with Gasteiger partial charge in [-0.2, -0.15) is 0 Å². The van der Waals surface area contributed by atoms with Crippen molar-refractivity contribution < 1.29 is 0 Å². The van der Waals surface area contributed by atoms with Gasteiger partial charge in [-0.15, -0.1) is 0 Å². The van der Waals surface area contributed by atoms with E-state index < -0.39 is 0 Å². The molecule has 0 aliphatic heterocycles. The van der Waals surface area contributed by atoms with Gasteiger partial charge in [0.2, 0.25) is 5.95 Å². The summed E-state index contributed by atoms with van der Waals surface area (Å²) in [6.07, 6.45) is 8.89. The third kappa shape index (κ3) is 3.32. The van der Waals surface area contributed by atoms with Crippen LogP contribution in [0.25, 0.3) is 11.1 Å². The number of hydrogen-bond donors (Lipinski definition) is 1. The van der Waals surface area contributed by atoms with Gasteiger partial charge in [0.15, 0.2) is 0 Å². The van der Waals surface area contributed by atoms with Crippen molar-refractivity contribution in [1.29, 1.82) is 0 Å². The minimum absolute atomic E-state index is 0.551. The van der Waals surface area contributed by atoms with Crippen LogP contribution in [0.4, 0.5) is 11.6 Å². The highest BCUT2D eigenvalue weighted by Gasteiger charge is 2.15. The first-order valence-electron chi connectivity index (χ1n) is 7.59. The van der Waals surface area contributed by atoms with Gasteiger partial charge in [-0.3, -0.25) is 0 Å². The standard InChI is InChI=1S/C17H22N4/c1-21(2)16-9-7-13(8-10-16)14-11-18-17(19-12-14)20-15-5-3-4-6-15/h7-12,15H,3-6H2,1-2H3,(H,18,19,20). The van der Waals surface area contributed by atoms with E-state index >= 15 is 0 Å². The lowest BCUT2D eigenvalue weighted by atomic mass is 10.1. The summed E-state index contributed by atoms with van der Waals surface area (Å²) in [5.41, 5.74) is 3.39. The highest BCUT2D eigenvalue weighted by atomic mass is 15.1. The lowest BCUT2D eigenvalue weighted by Crippen LogP contribution is -2.16. The van der Waals surface area contributed by atoms with E-state index in [9.17, 15) is 0 Å². The number of nitrogens with zero attached hydrogens (tertiary/aromatic N) is 3. The maximum Gasteiger partial charge on any atom is 0.222 e. The van der Waals surface area contributed by atoms with Crippen LogP contribution in [0.1, 0.15) is 25.7 Å². The van der Waals surface area contributed by atoms with Crippen LogP contribution in [0.3, 0.4) is 0 Å².